The summed E-state index contributed by atoms with van der Waals surface area (Å²) in [5.41, 5.74) is 1.38. The van der Waals surface area contributed by atoms with Crippen LogP contribution in [0.5, 0.6) is 5.75 Å². The number of hydrogen-bond donors (Lipinski definition) is 1. The number of nitrogens with zero attached hydrogens (tertiary/aromatic N) is 2. The number of benzene rings is 2. The molecule has 28 heavy (non-hydrogen) atoms. The van der Waals surface area contributed by atoms with Crippen molar-refractivity contribution in [1.82, 2.24) is 9.55 Å². The summed E-state index contributed by atoms with van der Waals surface area (Å²) in [6.07, 6.45) is -2.85. The summed E-state index contributed by atoms with van der Waals surface area (Å²) in [4.78, 5) is 4.32. The van der Waals surface area contributed by atoms with Gasteiger partial charge in [0.2, 0.25) is 0 Å². The molecule has 1 aromatic heterocycles. The smallest absolute Gasteiger partial charge is 0.416 e. The number of halogens is 3. The van der Waals surface area contributed by atoms with Gasteiger partial charge in [-0.3, -0.25) is 0 Å². The van der Waals surface area contributed by atoms with Crippen LogP contribution in [0.15, 0.2) is 59.9 Å². The number of aliphatic hydroxyl groups is 1. The molecular formula is C20H19F3N2O2S. The minimum absolute atomic E-state index is 0.195. The number of aliphatic hydroxyl groups excluding tert-OH is 1. The average Bonchev–Trinajstić information content (AvgIpc) is 3.07. The third kappa shape index (κ3) is 4.88. The largest absolute Gasteiger partial charge is 0.497 e. The Hall–Kier alpha value is -2.45. The fourth-order valence-electron chi connectivity index (χ4n) is 2.74. The molecule has 1 N–H and O–H groups in total. The monoisotopic (exact) mass is 408 g/mol. The Balaban J connectivity index is 1.81. The van der Waals surface area contributed by atoms with Gasteiger partial charge in [-0.15, -0.1) is 0 Å². The first kappa shape index (κ1) is 20.3. The van der Waals surface area contributed by atoms with E-state index in [-0.39, 0.29) is 13.2 Å². The van der Waals surface area contributed by atoms with Crippen molar-refractivity contribution in [3.8, 4) is 5.75 Å². The van der Waals surface area contributed by atoms with Gasteiger partial charge in [0.25, 0.3) is 0 Å². The molecule has 1 heterocycles. The lowest BCUT2D eigenvalue weighted by Gasteiger charge is -2.13. The van der Waals surface area contributed by atoms with Crippen LogP contribution in [0.4, 0.5) is 13.2 Å². The molecule has 0 aliphatic carbocycles. The summed E-state index contributed by atoms with van der Waals surface area (Å²) >= 11 is 1.45. The number of ether oxygens (including phenoxy) is 1. The second-order valence-corrected chi connectivity index (χ2v) is 7.06. The molecule has 3 aromatic rings. The number of hydrogen-bond acceptors (Lipinski definition) is 4. The SMILES string of the molecule is COc1cccc(CSc2ncc(CO)n2Cc2cccc(C(F)(F)F)c2)c1. The van der Waals surface area contributed by atoms with Gasteiger partial charge in [0.05, 0.1) is 31.2 Å². The van der Waals surface area contributed by atoms with E-state index in [4.69, 9.17) is 4.74 Å². The van der Waals surface area contributed by atoms with E-state index in [1.54, 1.807) is 23.9 Å². The van der Waals surface area contributed by atoms with E-state index in [2.05, 4.69) is 4.98 Å². The molecule has 0 aliphatic rings. The normalized spacial score (nSPS) is 11.6. The Kier molecular flexibility index (Phi) is 6.31. The predicted molar refractivity (Wildman–Crippen MR) is 101 cm³/mol. The first-order valence-electron chi connectivity index (χ1n) is 8.48. The van der Waals surface area contributed by atoms with Crippen molar-refractivity contribution in [1.29, 1.82) is 0 Å². The van der Waals surface area contributed by atoms with Crippen molar-refractivity contribution >= 4 is 11.8 Å². The van der Waals surface area contributed by atoms with Gasteiger partial charge in [0.1, 0.15) is 5.75 Å². The van der Waals surface area contributed by atoms with E-state index in [1.165, 1.54) is 17.8 Å². The zero-order chi connectivity index (χ0) is 20.1. The molecule has 0 unspecified atom stereocenters. The van der Waals surface area contributed by atoms with Crippen molar-refractivity contribution in [3.63, 3.8) is 0 Å². The second-order valence-electron chi connectivity index (χ2n) is 6.11. The van der Waals surface area contributed by atoms with Crippen LogP contribution < -0.4 is 4.74 Å². The molecule has 0 amide bonds. The van der Waals surface area contributed by atoms with Gasteiger partial charge < -0.3 is 14.4 Å². The fourth-order valence-corrected chi connectivity index (χ4v) is 3.68. The van der Waals surface area contributed by atoms with Gasteiger partial charge in [0, 0.05) is 12.3 Å². The highest BCUT2D eigenvalue weighted by molar-refractivity contribution is 7.98. The Morgan fingerprint density at radius 2 is 1.86 bits per heavy atom. The average molecular weight is 408 g/mol. The van der Waals surface area contributed by atoms with E-state index in [1.807, 2.05) is 24.3 Å². The maximum Gasteiger partial charge on any atom is 0.416 e. The highest BCUT2D eigenvalue weighted by atomic mass is 32.2. The zero-order valence-electron chi connectivity index (χ0n) is 15.1. The Morgan fingerprint density at radius 3 is 2.57 bits per heavy atom. The van der Waals surface area contributed by atoms with Gasteiger partial charge in [-0.05, 0) is 35.4 Å². The number of thioether (sulfide) groups is 1. The number of methoxy groups -OCH3 is 1. The maximum atomic E-state index is 13.0. The van der Waals surface area contributed by atoms with Crippen LogP contribution in [0, 0.1) is 0 Å². The molecule has 0 fully saturated rings. The van der Waals surface area contributed by atoms with Crippen molar-refractivity contribution in [3.05, 3.63) is 77.1 Å². The Labute approximate surface area is 165 Å². The standard InChI is InChI=1S/C20H19F3N2O2S/c1-27-18-7-3-5-15(9-18)13-28-19-24-10-17(12-26)25(19)11-14-4-2-6-16(8-14)20(21,22)23/h2-10,26H,11-13H2,1H3. The molecule has 0 radical (unpaired) electrons. The summed E-state index contributed by atoms with van der Waals surface area (Å²) in [7, 11) is 1.60. The third-order valence-corrected chi connectivity index (χ3v) is 5.22. The molecule has 8 heteroatoms. The van der Waals surface area contributed by atoms with Crippen LogP contribution in [0.2, 0.25) is 0 Å². The van der Waals surface area contributed by atoms with Crippen molar-refractivity contribution in [2.24, 2.45) is 0 Å². The molecule has 3 rings (SSSR count). The first-order chi connectivity index (χ1) is 13.4. The lowest BCUT2D eigenvalue weighted by atomic mass is 10.1. The number of alkyl halides is 3. The molecular weight excluding hydrogens is 389 g/mol. The molecule has 148 valence electrons. The minimum atomic E-state index is -4.39. The molecule has 0 atom stereocenters. The third-order valence-electron chi connectivity index (χ3n) is 4.16. The van der Waals surface area contributed by atoms with Crippen LogP contribution in [0.1, 0.15) is 22.4 Å². The lowest BCUT2D eigenvalue weighted by Crippen LogP contribution is -2.09. The summed E-state index contributed by atoms with van der Waals surface area (Å²) in [5.74, 6) is 1.36. The van der Waals surface area contributed by atoms with Crippen molar-refractivity contribution in [2.75, 3.05) is 7.11 Å². The highest BCUT2D eigenvalue weighted by Gasteiger charge is 2.30. The summed E-state index contributed by atoms with van der Waals surface area (Å²) in [6.45, 7) is -0.0497. The Morgan fingerprint density at radius 1 is 1.11 bits per heavy atom. The first-order valence-corrected chi connectivity index (χ1v) is 9.46. The van der Waals surface area contributed by atoms with E-state index >= 15 is 0 Å². The van der Waals surface area contributed by atoms with Gasteiger partial charge in [-0.25, -0.2) is 4.98 Å². The van der Waals surface area contributed by atoms with Crippen molar-refractivity contribution < 1.29 is 23.0 Å². The molecule has 0 saturated heterocycles. The van der Waals surface area contributed by atoms with Crippen LogP contribution in [0.25, 0.3) is 0 Å². The fraction of sp³-hybridized carbons (Fsp3) is 0.250. The van der Waals surface area contributed by atoms with Crippen molar-refractivity contribution in [2.45, 2.75) is 30.2 Å². The summed E-state index contributed by atoms with van der Waals surface area (Å²) in [5, 5.41) is 10.2. The summed E-state index contributed by atoms with van der Waals surface area (Å²) in [6, 6.07) is 12.8. The van der Waals surface area contributed by atoms with E-state index in [0.717, 1.165) is 23.4 Å². The van der Waals surface area contributed by atoms with Crippen LogP contribution in [-0.2, 0) is 25.1 Å². The molecule has 0 spiro atoms. The van der Waals surface area contributed by atoms with Gasteiger partial charge in [0.15, 0.2) is 5.16 Å². The van der Waals surface area contributed by atoms with Gasteiger partial charge >= 0.3 is 6.18 Å². The number of aromatic nitrogens is 2. The maximum absolute atomic E-state index is 13.0. The topological polar surface area (TPSA) is 47.3 Å². The zero-order valence-corrected chi connectivity index (χ0v) is 15.9. The molecule has 0 bridgehead atoms. The molecule has 2 aromatic carbocycles. The molecule has 0 saturated carbocycles. The molecule has 0 aliphatic heterocycles. The Bertz CT molecular complexity index is 941. The van der Waals surface area contributed by atoms with Crippen LogP contribution in [-0.4, -0.2) is 21.8 Å². The van der Waals surface area contributed by atoms with Gasteiger partial charge in [-0.2, -0.15) is 13.2 Å². The molecule has 4 nitrogen and oxygen atoms in total. The lowest BCUT2D eigenvalue weighted by molar-refractivity contribution is -0.137. The number of rotatable bonds is 7. The van der Waals surface area contributed by atoms with E-state index < -0.39 is 11.7 Å². The number of imidazole rings is 1. The summed E-state index contributed by atoms with van der Waals surface area (Å²) < 4.78 is 45.9. The minimum Gasteiger partial charge on any atom is -0.497 e. The van der Waals surface area contributed by atoms with E-state index in [9.17, 15) is 18.3 Å². The van der Waals surface area contributed by atoms with E-state index in [0.29, 0.717) is 22.2 Å². The quantitative estimate of drug-likeness (QED) is 0.574. The predicted octanol–water partition coefficient (Wildman–Crippen LogP) is 4.74. The second kappa shape index (κ2) is 8.70. The highest BCUT2D eigenvalue weighted by Crippen LogP contribution is 2.30. The van der Waals surface area contributed by atoms with Crippen LogP contribution in [0.3, 0.4) is 0 Å². The van der Waals surface area contributed by atoms with Gasteiger partial charge in [-0.1, -0.05) is 36.0 Å². The van der Waals surface area contributed by atoms with Crippen LogP contribution >= 0.6 is 11.8 Å².